The summed E-state index contributed by atoms with van der Waals surface area (Å²) in [5, 5.41) is 10.5. The molecule has 0 atom stereocenters. The third kappa shape index (κ3) is 1.70. The van der Waals surface area contributed by atoms with E-state index >= 15 is 0 Å². The fourth-order valence-corrected chi connectivity index (χ4v) is 2.20. The molecule has 18 heavy (non-hydrogen) atoms. The van der Waals surface area contributed by atoms with Crippen molar-refractivity contribution in [2.75, 3.05) is 5.73 Å². The summed E-state index contributed by atoms with van der Waals surface area (Å²) in [6.07, 6.45) is 0. The highest BCUT2D eigenvalue weighted by atomic mass is 15.1. The number of hydrogen-bond donors (Lipinski definition) is 1. The average Bonchev–Trinajstić information content (AvgIpc) is 2.40. The smallest absolute Gasteiger partial charge is 0.146 e. The maximum Gasteiger partial charge on any atom is 0.146 e. The third-order valence-corrected chi connectivity index (χ3v) is 3.08. The number of aryl methyl sites for hydroxylation is 1. The Labute approximate surface area is 105 Å². The summed E-state index contributed by atoms with van der Waals surface area (Å²) in [4.78, 5) is 0. The van der Waals surface area contributed by atoms with Crippen molar-refractivity contribution < 1.29 is 0 Å². The van der Waals surface area contributed by atoms with Crippen LogP contribution in [0.25, 0.3) is 22.0 Å². The van der Waals surface area contributed by atoms with Crippen molar-refractivity contribution in [3.8, 4) is 11.3 Å². The van der Waals surface area contributed by atoms with Gasteiger partial charge in [0.25, 0.3) is 0 Å². The molecule has 0 aliphatic rings. The van der Waals surface area contributed by atoms with Crippen LogP contribution in [0.2, 0.25) is 0 Å². The van der Waals surface area contributed by atoms with Crippen LogP contribution in [0.15, 0.2) is 48.5 Å². The molecule has 0 spiro atoms. The van der Waals surface area contributed by atoms with Crippen LogP contribution in [-0.2, 0) is 0 Å². The van der Waals surface area contributed by atoms with Crippen LogP contribution >= 0.6 is 0 Å². The molecule has 0 saturated carbocycles. The molecule has 0 aliphatic heterocycles. The lowest BCUT2D eigenvalue weighted by Gasteiger charge is -2.09. The first-order valence-electron chi connectivity index (χ1n) is 5.83. The van der Waals surface area contributed by atoms with Crippen LogP contribution in [0.1, 0.15) is 5.56 Å². The van der Waals surface area contributed by atoms with Gasteiger partial charge in [0.2, 0.25) is 0 Å². The number of rotatable bonds is 1. The zero-order valence-electron chi connectivity index (χ0n) is 10.1. The predicted molar refractivity (Wildman–Crippen MR) is 74.1 cm³/mol. The lowest BCUT2D eigenvalue weighted by Crippen LogP contribution is -1.95. The summed E-state index contributed by atoms with van der Waals surface area (Å²) >= 11 is 0. The maximum atomic E-state index is 5.58. The molecule has 0 fully saturated rings. The number of hydrogen-bond acceptors (Lipinski definition) is 3. The molecule has 0 unspecified atom stereocenters. The molecular weight excluding hydrogens is 222 g/mol. The number of aromatic nitrogens is 2. The first kappa shape index (κ1) is 10.7. The summed E-state index contributed by atoms with van der Waals surface area (Å²) in [7, 11) is 0. The Morgan fingerprint density at radius 2 is 1.72 bits per heavy atom. The summed E-state index contributed by atoms with van der Waals surface area (Å²) in [5.41, 5.74) is 8.75. The Kier molecular flexibility index (Phi) is 2.45. The average molecular weight is 235 g/mol. The molecule has 1 aromatic heterocycles. The van der Waals surface area contributed by atoms with Crippen molar-refractivity contribution in [1.82, 2.24) is 10.2 Å². The molecule has 0 saturated heterocycles. The van der Waals surface area contributed by atoms with Gasteiger partial charge in [0.1, 0.15) is 5.82 Å². The molecule has 0 bridgehead atoms. The van der Waals surface area contributed by atoms with Crippen LogP contribution in [0, 0.1) is 6.92 Å². The van der Waals surface area contributed by atoms with E-state index in [0.717, 1.165) is 11.3 Å². The molecule has 0 radical (unpaired) electrons. The van der Waals surface area contributed by atoms with Gasteiger partial charge < -0.3 is 5.73 Å². The van der Waals surface area contributed by atoms with E-state index in [-0.39, 0.29) is 0 Å². The second-order valence-electron chi connectivity index (χ2n) is 4.32. The van der Waals surface area contributed by atoms with E-state index in [1.807, 2.05) is 18.2 Å². The van der Waals surface area contributed by atoms with E-state index < -0.39 is 0 Å². The fourth-order valence-electron chi connectivity index (χ4n) is 2.20. The van der Waals surface area contributed by atoms with E-state index in [2.05, 4.69) is 41.4 Å². The van der Waals surface area contributed by atoms with Crippen molar-refractivity contribution >= 4 is 16.6 Å². The number of nitrogens with zero attached hydrogens (tertiary/aromatic N) is 2. The summed E-state index contributed by atoms with van der Waals surface area (Å²) in [6.45, 7) is 2.08. The first-order chi connectivity index (χ1) is 8.75. The normalized spacial score (nSPS) is 10.7. The van der Waals surface area contributed by atoms with Crippen LogP contribution < -0.4 is 5.73 Å². The molecular formula is C15H13N3. The highest BCUT2D eigenvalue weighted by molar-refractivity contribution is 5.97. The minimum Gasteiger partial charge on any atom is -0.382 e. The Balaban J connectivity index is 2.33. The number of benzene rings is 2. The van der Waals surface area contributed by atoms with E-state index in [4.69, 9.17) is 5.73 Å². The van der Waals surface area contributed by atoms with Gasteiger partial charge in [-0.05, 0) is 35.4 Å². The molecule has 88 valence electrons. The van der Waals surface area contributed by atoms with Crippen molar-refractivity contribution in [2.24, 2.45) is 0 Å². The molecule has 2 aromatic carbocycles. The number of anilines is 1. The maximum absolute atomic E-state index is 5.58. The largest absolute Gasteiger partial charge is 0.382 e. The van der Waals surface area contributed by atoms with Gasteiger partial charge in [-0.15, -0.1) is 10.2 Å². The number of nitrogens with two attached hydrogens (primary N) is 1. The molecule has 1 heterocycles. The zero-order chi connectivity index (χ0) is 12.5. The molecule has 0 amide bonds. The van der Waals surface area contributed by atoms with Crippen molar-refractivity contribution in [1.29, 1.82) is 0 Å². The van der Waals surface area contributed by atoms with E-state index in [1.54, 1.807) is 6.07 Å². The van der Waals surface area contributed by atoms with Crippen LogP contribution in [0.3, 0.4) is 0 Å². The molecule has 2 N–H and O–H groups in total. The minimum atomic E-state index is 0.441. The molecule has 3 rings (SSSR count). The van der Waals surface area contributed by atoms with E-state index in [9.17, 15) is 0 Å². The highest BCUT2D eigenvalue weighted by Crippen LogP contribution is 2.30. The van der Waals surface area contributed by atoms with Gasteiger partial charge >= 0.3 is 0 Å². The van der Waals surface area contributed by atoms with Gasteiger partial charge in [0.15, 0.2) is 0 Å². The molecule has 3 aromatic rings. The van der Waals surface area contributed by atoms with Crippen LogP contribution in [-0.4, -0.2) is 10.2 Å². The Morgan fingerprint density at radius 3 is 2.50 bits per heavy atom. The van der Waals surface area contributed by atoms with Crippen molar-refractivity contribution in [3.05, 3.63) is 54.1 Å². The quantitative estimate of drug-likeness (QED) is 0.704. The monoisotopic (exact) mass is 235 g/mol. The topological polar surface area (TPSA) is 51.8 Å². The molecule has 0 aliphatic carbocycles. The first-order valence-corrected chi connectivity index (χ1v) is 5.83. The Hall–Kier alpha value is -2.42. The van der Waals surface area contributed by atoms with Crippen molar-refractivity contribution in [2.45, 2.75) is 6.92 Å². The number of fused-ring (bicyclic) bond motifs is 1. The minimum absolute atomic E-state index is 0.441. The Morgan fingerprint density at radius 1 is 0.889 bits per heavy atom. The third-order valence-electron chi connectivity index (χ3n) is 3.08. The summed E-state index contributed by atoms with van der Waals surface area (Å²) < 4.78 is 0. The highest BCUT2D eigenvalue weighted by Gasteiger charge is 2.08. The van der Waals surface area contributed by atoms with Gasteiger partial charge in [0, 0.05) is 5.56 Å². The van der Waals surface area contributed by atoms with Gasteiger partial charge in [-0.1, -0.05) is 36.4 Å². The standard InChI is InChI=1S/C15H13N3/c1-10-6-7-11-4-2-3-5-12(11)15(10)13-8-9-14(16)18-17-13/h2-9H,1H3,(H2,16,18). The van der Waals surface area contributed by atoms with E-state index in [0.29, 0.717) is 5.82 Å². The molecule has 3 heteroatoms. The number of nitrogen functional groups attached to an aromatic ring is 1. The van der Waals surface area contributed by atoms with Crippen LogP contribution in [0.4, 0.5) is 5.82 Å². The molecule has 3 nitrogen and oxygen atoms in total. The Bertz CT molecular complexity index is 703. The SMILES string of the molecule is Cc1ccc2ccccc2c1-c1ccc(N)nn1. The lowest BCUT2D eigenvalue weighted by molar-refractivity contribution is 1.05. The predicted octanol–water partition coefficient (Wildman–Crippen LogP) is 3.19. The lowest BCUT2D eigenvalue weighted by atomic mass is 9.97. The van der Waals surface area contributed by atoms with Gasteiger partial charge in [-0.2, -0.15) is 0 Å². The van der Waals surface area contributed by atoms with E-state index in [1.165, 1.54) is 16.3 Å². The van der Waals surface area contributed by atoms with Gasteiger partial charge in [0.05, 0.1) is 5.69 Å². The second-order valence-corrected chi connectivity index (χ2v) is 4.32. The fraction of sp³-hybridized carbons (Fsp3) is 0.0667. The van der Waals surface area contributed by atoms with Crippen LogP contribution in [0.5, 0.6) is 0 Å². The summed E-state index contributed by atoms with van der Waals surface area (Å²) in [5.74, 6) is 0.441. The second kappa shape index (κ2) is 4.11. The zero-order valence-corrected chi connectivity index (χ0v) is 10.1. The van der Waals surface area contributed by atoms with Crippen molar-refractivity contribution in [3.63, 3.8) is 0 Å². The van der Waals surface area contributed by atoms with Gasteiger partial charge in [-0.3, -0.25) is 0 Å². The van der Waals surface area contributed by atoms with Gasteiger partial charge in [-0.25, -0.2) is 0 Å². The summed E-state index contributed by atoms with van der Waals surface area (Å²) in [6, 6.07) is 16.2.